The van der Waals surface area contributed by atoms with Crippen molar-refractivity contribution < 1.29 is 20.1 Å². The molecular weight excluding hydrogens is 160 g/mol. The van der Waals surface area contributed by atoms with Gasteiger partial charge in [-0.2, -0.15) is 0 Å². The maximum atomic E-state index is 9.07. The van der Waals surface area contributed by atoms with Gasteiger partial charge < -0.3 is 20.1 Å². The van der Waals surface area contributed by atoms with Crippen molar-refractivity contribution in [3.63, 3.8) is 0 Å². The van der Waals surface area contributed by atoms with Gasteiger partial charge in [0.25, 0.3) is 0 Å². The number of hydrogen-bond acceptors (Lipinski definition) is 4. The molecule has 3 N–H and O–H groups in total. The van der Waals surface area contributed by atoms with E-state index in [2.05, 4.69) is 0 Å². The van der Waals surface area contributed by atoms with E-state index in [4.69, 9.17) is 20.1 Å². The van der Waals surface area contributed by atoms with Crippen LogP contribution in [0.3, 0.4) is 0 Å². The molecular formula is C8H18O4. The highest BCUT2D eigenvalue weighted by atomic mass is 16.5. The van der Waals surface area contributed by atoms with Crippen LogP contribution in [0, 0.1) is 0 Å². The topological polar surface area (TPSA) is 69.9 Å². The summed E-state index contributed by atoms with van der Waals surface area (Å²) in [5, 5.41) is 26.5. The van der Waals surface area contributed by atoms with E-state index >= 15 is 0 Å². The van der Waals surface area contributed by atoms with Crippen LogP contribution in [0.25, 0.3) is 0 Å². The molecule has 0 radical (unpaired) electrons. The van der Waals surface area contributed by atoms with Gasteiger partial charge in [0.2, 0.25) is 0 Å². The van der Waals surface area contributed by atoms with Crippen molar-refractivity contribution in [2.45, 2.75) is 32.0 Å². The Morgan fingerprint density at radius 3 is 2.25 bits per heavy atom. The molecule has 0 aliphatic carbocycles. The lowest BCUT2D eigenvalue weighted by Crippen LogP contribution is -2.21. The molecule has 0 aromatic carbocycles. The number of rotatable bonds is 7. The highest BCUT2D eigenvalue weighted by Crippen LogP contribution is 1.95. The summed E-state index contributed by atoms with van der Waals surface area (Å²) in [6, 6.07) is 0. The molecule has 12 heavy (non-hydrogen) atoms. The fourth-order valence-electron chi connectivity index (χ4n) is 0.690. The van der Waals surface area contributed by atoms with Crippen molar-refractivity contribution in [2.24, 2.45) is 0 Å². The Morgan fingerprint density at radius 1 is 1.17 bits per heavy atom. The molecule has 2 unspecified atom stereocenters. The predicted octanol–water partition coefficient (Wildman–Crippen LogP) is -0.483. The SMILES string of the molecule is CCC(O)COCC(O)CCO. The lowest BCUT2D eigenvalue weighted by Gasteiger charge is -2.11. The third-order valence-electron chi connectivity index (χ3n) is 1.55. The Kier molecular flexibility index (Phi) is 7.39. The fraction of sp³-hybridized carbons (Fsp3) is 1.00. The van der Waals surface area contributed by atoms with E-state index in [-0.39, 0.29) is 19.8 Å². The molecule has 0 aliphatic rings. The molecule has 0 saturated heterocycles. The van der Waals surface area contributed by atoms with Crippen LogP contribution < -0.4 is 0 Å². The zero-order valence-electron chi connectivity index (χ0n) is 7.44. The Balaban J connectivity index is 3.18. The first-order valence-electron chi connectivity index (χ1n) is 4.25. The molecule has 0 aromatic heterocycles. The van der Waals surface area contributed by atoms with E-state index < -0.39 is 12.2 Å². The second-order valence-corrected chi connectivity index (χ2v) is 2.77. The molecule has 0 heterocycles. The van der Waals surface area contributed by atoms with Gasteiger partial charge in [0.05, 0.1) is 25.4 Å². The molecule has 0 aromatic rings. The second kappa shape index (κ2) is 7.49. The molecule has 0 fully saturated rings. The molecule has 0 rings (SSSR count). The highest BCUT2D eigenvalue weighted by molar-refractivity contribution is 4.54. The quantitative estimate of drug-likeness (QED) is 0.492. The first-order chi connectivity index (χ1) is 5.70. The maximum absolute atomic E-state index is 9.07. The molecule has 0 bridgehead atoms. The first-order valence-corrected chi connectivity index (χ1v) is 4.25. The van der Waals surface area contributed by atoms with Crippen molar-refractivity contribution in [3.05, 3.63) is 0 Å². The number of ether oxygens (including phenoxy) is 1. The van der Waals surface area contributed by atoms with Gasteiger partial charge in [0.1, 0.15) is 0 Å². The third kappa shape index (κ3) is 6.54. The van der Waals surface area contributed by atoms with Gasteiger partial charge in [0.15, 0.2) is 0 Å². The highest BCUT2D eigenvalue weighted by Gasteiger charge is 2.05. The van der Waals surface area contributed by atoms with Crippen LogP contribution >= 0.6 is 0 Å². The summed E-state index contributed by atoms with van der Waals surface area (Å²) in [6.07, 6.45) is -0.108. The van der Waals surface area contributed by atoms with Gasteiger partial charge in [0, 0.05) is 6.61 Å². The monoisotopic (exact) mass is 178 g/mol. The van der Waals surface area contributed by atoms with E-state index in [1.807, 2.05) is 6.92 Å². The van der Waals surface area contributed by atoms with Crippen molar-refractivity contribution >= 4 is 0 Å². The smallest absolute Gasteiger partial charge is 0.0795 e. The lowest BCUT2D eigenvalue weighted by atomic mass is 10.3. The first kappa shape index (κ1) is 11.8. The van der Waals surface area contributed by atoms with E-state index in [1.54, 1.807) is 0 Å². The molecule has 0 spiro atoms. The predicted molar refractivity (Wildman–Crippen MR) is 44.8 cm³/mol. The summed E-state index contributed by atoms with van der Waals surface area (Å²) < 4.78 is 4.99. The minimum absolute atomic E-state index is 0.0408. The molecule has 0 aliphatic heterocycles. The van der Waals surface area contributed by atoms with Crippen molar-refractivity contribution in [1.82, 2.24) is 0 Å². The Hall–Kier alpha value is -0.160. The van der Waals surface area contributed by atoms with Gasteiger partial charge in [-0.15, -0.1) is 0 Å². The van der Waals surface area contributed by atoms with Crippen LogP contribution in [0.1, 0.15) is 19.8 Å². The van der Waals surface area contributed by atoms with Crippen LogP contribution in [0.15, 0.2) is 0 Å². The molecule has 0 saturated carbocycles. The van der Waals surface area contributed by atoms with Gasteiger partial charge in [-0.25, -0.2) is 0 Å². The van der Waals surface area contributed by atoms with Crippen LogP contribution in [0.4, 0.5) is 0 Å². The van der Waals surface area contributed by atoms with E-state index in [1.165, 1.54) is 0 Å². The number of aliphatic hydroxyl groups excluding tert-OH is 3. The largest absolute Gasteiger partial charge is 0.396 e. The minimum Gasteiger partial charge on any atom is -0.396 e. The summed E-state index contributed by atoms with van der Waals surface area (Å²) in [5.74, 6) is 0. The standard InChI is InChI=1S/C8H18O4/c1-2-7(10)5-12-6-8(11)3-4-9/h7-11H,2-6H2,1H3. The lowest BCUT2D eigenvalue weighted by molar-refractivity contribution is -0.0144. The van der Waals surface area contributed by atoms with Crippen LogP contribution in [-0.4, -0.2) is 47.3 Å². The van der Waals surface area contributed by atoms with Gasteiger partial charge in [-0.1, -0.05) is 6.92 Å². The van der Waals surface area contributed by atoms with Crippen LogP contribution in [0.2, 0.25) is 0 Å². The normalized spacial score (nSPS) is 16.0. The molecule has 2 atom stereocenters. The summed E-state index contributed by atoms with van der Waals surface area (Å²) in [5.41, 5.74) is 0. The van der Waals surface area contributed by atoms with Crippen molar-refractivity contribution in [3.8, 4) is 0 Å². The van der Waals surface area contributed by atoms with Crippen LogP contribution in [-0.2, 0) is 4.74 Å². The molecule has 74 valence electrons. The van der Waals surface area contributed by atoms with E-state index in [9.17, 15) is 0 Å². The summed E-state index contributed by atoms with van der Waals surface area (Å²) in [6.45, 7) is 2.25. The summed E-state index contributed by atoms with van der Waals surface area (Å²) in [4.78, 5) is 0. The van der Waals surface area contributed by atoms with E-state index in [0.29, 0.717) is 12.8 Å². The Bertz CT molecular complexity index is 97.1. The Labute approximate surface area is 72.8 Å². The zero-order chi connectivity index (χ0) is 9.40. The fourth-order valence-corrected chi connectivity index (χ4v) is 0.690. The van der Waals surface area contributed by atoms with E-state index in [0.717, 1.165) is 0 Å². The van der Waals surface area contributed by atoms with Gasteiger partial charge >= 0.3 is 0 Å². The summed E-state index contributed by atoms with van der Waals surface area (Å²) >= 11 is 0. The van der Waals surface area contributed by atoms with Gasteiger partial charge in [-0.3, -0.25) is 0 Å². The maximum Gasteiger partial charge on any atom is 0.0795 e. The molecule has 4 heteroatoms. The second-order valence-electron chi connectivity index (χ2n) is 2.77. The van der Waals surface area contributed by atoms with Crippen molar-refractivity contribution in [1.29, 1.82) is 0 Å². The van der Waals surface area contributed by atoms with Crippen LogP contribution in [0.5, 0.6) is 0 Å². The third-order valence-corrected chi connectivity index (χ3v) is 1.55. The Morgan fingerprint density at radius 2 is 1.75 bits per heavy atom. The average molecular weight is 178 g/mol. The van der Waals surface area contributed by atoms with Crippen molar-refractivity contribution in [2.75, 3.05) is 19.8 Å². The number of aliphatic hydroxyl groups is 3. The summed E-state index contributed by atoms with van der Waals surface area (Å²) in [7, 11) is 0. The van der Waals surface area contributed by atoms with Gasteiger partial charge in [-0.05, 0) is 12.8 Å². The average Bonchev–Trinajstić information content (AvgIpc) is 2.04. The molecule has 0 amide bonds. The molecule has 4 nitrogen and oxygen atoms in total. The zero-order valence-corrected chi connectivity index (χ0v) is 7.44. The number of hydrogen-bond donors (Lipinski definition) is 3. The minimum atomic E-state index is -0.626.